The smallest absolute Gasteiger partial charge is 0.334 e. The zero-order chi connectivity index (χ0) is 19.1. The molecule has 7 heteroatoms. The van der Waals surface area contributed by atoms with Gasteiger partial charge in [-0.15, -0.1) is 0 Å². The van der Waals surface area contributed by atoms with Gasteiger partial charge in [0.1, 0.15) is 0 Å². The van der Waals surface area contributed by atoms with Crippen LogP contribution in [-0.2, 0) is 20.7 Å². The van der Waals surface area contributed by atoms with Gasteiger partial charge in [-0.25, -0.2) is 9.97 Å². The van der Waals surface area contributed by atoms with Gasteiger partial charge in [-0.3, -0.25) is 0 Å². The van der Waals surface area contributed by atoms with Gasteiger partial charge >= 0.3 is 10.1 Å². The lowest BCUT2D eigenvalue weighted by Crippen LogP contribution is -2.33. The standard InChI is InChI=1S/C21H21N3O3S/c25-28(26)14-19(24-11-5-2-6-12-24)16-9-10-18-17(20(16)27-28)13-22-21(23-18)15-7-3-1-4-8-15/h1,3-4,7-8,13-14H,2,5-6,9-12H2. The maximum Gasteiger partial charge on any atom is 0.334 e. The molecule has 1 aliphatic carbocycles. The molecule has 0 bridgehead atoms. The van der Waals surface area contributed by atoms with Crippen molar-refractivity contribution in [2.24, 2.45) is 0 Å². The normalized spacial score (nSPS) is 20.7. The average Bonchev–Trinajstić information content (AvgIpc) is 2.73. The van der Waals surface area contributed by atoms with E-state index >= 15 is 0 Å². The van der Waals surface area contributed by atoms with Gasteiger partial charge in [0, 0.05) is 30.4 Å². The molecule has 2 aromatic rings. The topological polar surface area (TPSA) is 72.4 Å². The fourth-order valence-electron chi connectivity index (χ4n) is 4.13. The number of hydrogen-bond donors (Lipinski definition) is 0. The molecule has 2 aliphatic heterocycles. The lowest BCUT2D eigenvalue weighted by molar-refractivity contribution is 0.286. The highest BCUT2D eigenvalue weighted by molar-refractivity contribution is 7.90. The van der Waals surface area contributed by atoms with E-state index in [1.165, 1.54) is 11.8 Å². The van der Waals surface area contributed by atoms with Gasteiger partial charge < -0.3 is 9.08 Å². The van der Waals surface area contributed by atoms with Crippen molar-refractivity contribution in [3.63, 3.8) is 0 Å². The van der Waals surface area contributed by atoms with E-state index in [4.69, 9.17) is 9.17 Å². The van der Waals surface area contributed by atoms with Crippen molar-refractivity contribution in [1.29, 1.82) is 0 Å². The number of rotatable bonds is 2. The summed E-state index contributed by atoms with van der Waals surface area (Å²) in [5.74, 6) is 1.05. The third-order valence-electron chi connectivity index (χ3n) is 5.49. The second-order valence-electron chi connectivity index (χ2n) is 7.35. The third-order valence-corrected chi connectivity index (χ3v) is 6.40. The highest BCUT2D eigenvalue weighted by Crippen LogP contribution is 2.41. The molecule has 144 valence electrons. The molecule has 3 aliphatic rings. The Bertz CT molecular complexity index is 1090. The Morgan fingerprint density at radius 3 is 2.57 bits per heavy atom. The van der Waals surface area contributed by atoms with E-state index in [-0.39, 0.29) is 0 Å². The maximum atomic E-state index is 12.5. The van der Waals surface area contributed by atoms with Crippen LogP contribution in [0.3, 0.4) is 0 Å². The quantitative estimate of drug-likeness (QED) is 0.725. The van der Waals surface area contributed by atoms with Gasteiger partial charge in [0.05, 0.1) is 22.4 Å². The van der Waals surface area contributed by atoms with Gasteiger partial charge in [0.15, 0.2) is 11.6 Å². The molecule has 0 spiro atoms. The summed E-state index contributed by atoms with van der Waals surface area (Å²) >= 11 is 0. The first-order chi connectivity index (χ1) is 13.6. The Morgan fingerprint density at radius 1 is 1.00 bits per heavy atom. The number of aromatic nitrogens is 2. The van der Waals surface area contributed by atoms with E-state index < -0.39 is 10.1 Å². The van der Waals surface area contributed by atoms with Crippen LogP contribution in [0.1, 0.15) is 36.9 Å². The zero-order valence-corrected chi connectivity index (χ0v) is 16.3. The van der Waals surface area contributed by atoms with Crippen LogP contribution in [0.15, 0.2) is 53.2 Å². The number of likely N-dealkylation sites (tertiary alicyclic amines) is 1. The second-order valence-corrected chi connectivity index (χ2v) is 8.74. The minimum Gasteiger partial charge on any atom is -0.378 e. The summed E-state index contributed by atoms with van der Waals surface area (Å²) in [6.07, 6.45) is 6.52. The molecule has 0 unspecified atom stereocenters. The van der Waals surface area contributed by atoms with Crippen molar-refractivity contribution in [2.45, 2.75) is 32.1 Å². The molecule has 5 rings (SSSR count). The van der Waals surface area contributed by atoms with Crippen LogP contribution >= 0.6 is 0 Å². The first kappa shape index (κ1) is 17.4. The van der Waals surface area contributed by atoms with Crippen LogP contribution in [0.4, 0.5) is 0 Å². The highest BCUT2D eigenvalue weighted by atomic mass is 32.2. The molecule has 28 heavy (non-hydrogen) atoms. The van der Waals surface area contributed by atoms with Gasteiger partial charge in [-0.1, -0.05) is 30.3 Å². The van der Waals surface area contributed by atoms with Gasteiger partial charge in [-0.2, -0.15) is 8.42 Å². The molecular formula is C21H21N3O3S. The molecule has 1 aromatic heterocycles. The monoisotopic (exact) mass is 395 g/mol. The summed E-state index contributed by atoms with van der Waals surface area (Å²) < 4.78 is 30.4. The average molecular weight is 395 g/mol. The largest absolute Gasteiger partial charge is 0.378 e. The predicted octanol–water partition coefficient (Wildman–Crippen LogP) is 3.49. The molecule has 1 aromatic carbocycles. The molecular weight excluding hydrogens is 374 g/mol. The van der Waals surface area contributed by atoms with E-state index in [1.807, 2.05) is 30.3 Å². The first-order valence-corrected chi connectivity index (χ1v) is 11.1. The second kappa shape index (κ2) is 6.74. The molecule has 0 saturated carbocycles. The van der Waals surface area contributed by atoms with E-state index in [2.05, 4.69) is 9.88 Å². The summed E-state index contributed by atoms with van der Waals surface area (Å²) in [6, 6.07) is 9.78. The Morgan fingerprint density at radius 2 is 1.79 bits per heavy atom. The number of benzene rings is 1. The van der Waals surface area contributed by atoms with Crippen molar-refractivity contribution < 1.29 is 12.6 Å². The van der Waals surface area contributed by atoms with Crippen LogP contribution < -0.4 is 0 Å². The first-order valence-electron chi connectivity index (χ1n) is 9.67. The number of allylic oxidation sites excluding steroid dienone is 1. The number of hydrogen-bond acceptors (Lipinski definition) is 6. The predicted molar refractivity (Wildman–Crippen MR) is 106 cm³/mol. The number of piperidine rings is 1. The molecule has 0 atom stereocenters. The Kier molecular flexibility index (Phi) is 4.19. The minimum atomic E-state index is -3.77. The van der Waals surface area contributed by atoms with Crippen LogP contribution in [0.25, 0.3) is 17.1 Å². The minimum absolute atomic E-state index is 0.406. The van der Waals surface area contributed by atoms with Crippen LogP contribution in [0.5, 0.6) is 0 Å². The van der Waals surface area contributed by atoms with Crippen LogP contribution in [0, 0.1) is 0 Å². The lowest BCUT2D eigenvalue weighted by Gasteiger charge is -2.36. The summed E-state index contributed by atoms with van der Waals surface area (Å²) in [7, 11) is -3.77. The number of aryl methyl sites for hydroxylation is 1. The van der Waals surface area contributed by atoms with Crippen molar-refractivity contribution in [2.75, 3.05) is 13.1 Å². The Balaban J connectivity index is 1.58. The van der Waals surface area contributed by atoms with E-state index in [1.54, 1.807) is 6.20 Å². The molecule has 0 amide bonds. The maximum absolute atomic E-state index is 12.5. The molecule has 0 radical (unpaired) electrons. The van der Waals surface area contributed by atoms with Crippen LogP contribution in [0.2, 0.25) is 0 Å². The molecule has 3 heterocycles. The zero-order valence-electron chi connectivity index (χ0n) is 15.5. The Hall–Kier alpha value is -2.67. The van der Waals surface area contributed by atoms with Gasteiger partial charge in [0.25, 0.3) is 0 Å². The molecule has 1 fully saturated rings. The Labute approximate surface area is 164 Å². The van der Waals surface area contributed by atoms with E-state index in [0.29, 0.717) is 23.6 Å². The van der Waals surface area contributed by atoms with Crippen molar-refractivity contribution in [1.82, 2.24) is 14.9 Å². The molecule has 0 N–H and O–H groups in total. The summed E-state index contributed by atoms with van der Waals surface area (Å²) in [5.41, 5.74) is 4.21. The van der Waals surface area contributed by atoms with Crippen molar-refractivity contribution in [3.8, 4) is 11.4 Å². The lowest BCUT2D eigenvalue weighted by atomic mass is 9.92. The SMILES string of the molecule is O=S1(=O)C=C(N2CCCCC2)C2=C(O1)c1cnc(-c3ccccc3)nc1CC2. The van der Waals surface area contributed by atoms with Gasteiger partial charge in [-0.05, 0) is 32.1 Å². The molecule has 6 nitrogen and oxygen atoms in total. The van der Waals surface area contributed by atoms with E-state index in [0.717, 1.165) is 54.9 Å². The fraction of sp³-hybridized carbons (Fsp3) is 0.333. The van der Waals surface area contributed by atoms with Crippen LogP contribution in [-0.4, -0.2) is 36.4 Å². The van der Waals surface area contributed by atoms with Gasteiger partial charge in [0.2, 0.25) is 0 Å². The summed E-state index contributed by atoms with van der Waals surface area (Å²) in [6.45, 7) is 1.77. The third kappa shape index (κ3) is 3.09. The number of fused-ring (bicyclic) bond motifs is 2. The summed E-state index contributed by atoms with van der Waals surface area (Å²) in [4.78, 5) is 11.4. The fourth-order valence-corrected chi connectivity index (χ4v) is 5.17. The van der Waals surface area contributed by atoms with Crippen molar-refractivity contribution >= 4 is 15.9 Å². The van der Waals surface area contributed by atoms with Crippen molar-refractivity contribution in [3.05, 3.63) is 64.5 Å². The summed E-state index contributed by atoms with van der Waals surface area (Å²) in [5, 5.41) is 1.29. The number of nitrogens with zero attached hydrogens (tertiary/aromatic N) is 3. The highest BCUT2D eigenvalue weighted by Gasteiger charge is 2.34. The van der Waals surface area contributed by atoms with E-state index in [9.17, 15) is 8.42 Å². The molecule has 1 saturated heterocycles.